The van der Waals surface area contributed by atoms with Crippen LogP contribution in [-0.4, -0.2) is 33.6 Å². The summed E-state index contributed by atoms with van der Waals surface area (Å²) in [4.78, 5) is 0. The molecular weight excluding hydrogens is 528 g/mol. The molecule has 2 aliphatic carbocycles. The minimum Gasteiger partial charge on any atom is -0.393 e. The molecule has 0 fully saturated rings. The molecular formula is C40H62O3. The highest BCUT2D eigenvalue weighted by molar-refractivity contribution is 5.31. The first kappa shape index (κ1) is 37.0. The van der Waals surface area contributed by atoms with E-state index in [4.69, 9.17) is 0 Å². The molecule has 0 aliphatic heterocycles. The molecule has 43 heavy (non-hydrogen) atoms. The Labute approximate surface area is 264 Å². The van der Waals surface area contributed by atoms with E-state index < -0.39 is 17.6 Å². The Morgan fingerprint density at radius 3 is 2.02 bits per heavy atom. The van der Waals surface area contributed by atoms with Crippen LogP contribution >= 0.6 is 0 Å². The lowest BCUT2D eigenvalue weighted by Crippen LogP contribution is -2.44. The third kappa shape index (κ3) is 11.7. The molecule has 0 aromatic heterocycles. The fraction of sp³-hybridized carbons (Fsp3) is 0.600. The molecule has 3 nitrogen and oxygen atoms in total. The van der Waals surface area contributed by atoms with Crippen molar-refractivity contribution in [3.05, 3.63) is 93.2 Å². The van der Waals surface area contributed by atoms with Crippen LogP contribution in [0.25, 0.3) is 0 Å². The highest BCUT2D eigenvalue weighted by Crippen LogP contribution is 2.43. The van der Waals surface area contributed by atoms with Crippen LogP contribution in [0.15, 0.2) is 93.2 Å². The van der Waals surface area contributed by atoms with Crippen LogP contribution in [0.5, 0.6) is 0 Å². The average Bonchev–Trinajstić information content (AvgIpc) is 2.88. The summed E-state index contributed by atoms with van der Waals surface area (Å²) >= 11 is 0. The fourth-order valence-electron chi connectivity index (χ4n) is 6.82. The van der Waals surface area contributed by atoms with E-state index in [0.717, 1.165) is 51.4 Å². The van der Waals surface area contributed by atoms with Gasteiger partial charge in [-0.1, -0.05) is 121 Å². The second-order valence-corrected chi connectivity index (χ2v) is 14.6. The molecule has 240 valence electrons. The van der Waals surface area contributed by atoms with Crippen LogP contribution in [0.4, 0.5) is 0 Å². The lowest BCUT2D eigenvalue weighted by Gasteiger charge is -2.41. The smallest absolute Gasteiger partial charge is 0.0890 e. The summed E-state index contributed by atoms with van der Waals surface area (Å²) in [6.45, 7) is 21.6. The van der Waals surface area contributed by atoms with Crippen molar-refractivity contribution in [3.63, 3.8) is 0 Å². The predicted octanol–water partition coefficient (Wildman–Crippen LogP) is 10.2. The van der Waals surface area contributed by atoms with Gasteiger partial charge < -0.3 is 15.3 Å². The highest BCUT2D eigenvalue weighted by Gasteiger charge is 2.40. The van der Waals surface area contributed by atoms with Gasteiger partial charge in [0.05, 0.1) is 18.3 Å². The largest absolute Gasteiger partial charge is 0.393 e. The molecule has 0 aromatic rings. The molecule has 2 rings (SSSR count). The first-order valence-corrected chi connectivity index (χ1v) is 16.5. The van der Waals surface area contributed by atoms with Gasteiger partial charge in [0.2, 0.25) is 0 Å². The molecule has 0 radical (unpaired) electrons. The van der Waals surface area contributed by atoms with E-state index in [1.54, 1.807) is 0 Å². The van der Waals surface area contributed by atoms with E-state index in [1.165, 1.54) is 44.6 Å². The third-order valence-corrected chi connectivity index (χ3v) is 9.65. The van der Waals surface area contributed by atoms with Crippen molar-refractivity contribution in [1.82, 2.24) is 0 Å². The van der Waals surface area contributed by atoms with Gasteiger partial charge in [0.1, 0.15) is 0 Å². The molecule has 0 aromatic carbocycles. The molecule has 0 amide bonds. The van der Waals surface area contributed by atoms with Gasteiger partial charge in [0.15, 0.2) is 0 Å². The Morgan fingerprint density at radius 2 is 1.35 bits per heavy atom. The Kier molecular flexibility index (Phi) is 14.4. The average molecular weight is 591 g/mol. The molecule has 0 saturated heterocycles. The molecule has 0 spiro atoms. The topological polar surface area (TPSA) is 60.7 Å². The van der Waals surface area contributed by atoms with Crippen LogP contribution in [0.3, 0.4) is 0 Å². The van der Waals surface area contributed by atoms with Crippen molar-refractivity contribution >= 4 is 0 Å². The van der Waals surface area contributed by atoms with Crippen LogP contribution in [0.2, 0.25) is 0 Å². The van der Waals surface area contributed by atoms with Crippen molar-refractivity contribution in [2.45, 2.75) is 145 Å². The molecule has 0 saturated carbocycles. The monoisotopic (exact) mass is 590 g/mol. The zero-order valence-electron chi connectivity index (χ0n) is 29.1. The predicted molar refractivity (Wildman–Crippen MR) is 186 cm³/mol. The van der Waals surface area contributed by atoms with Gasteiger partial charge in [-0.3, -0.25) is 0 Å². The molecule has 3 atom stereocenters. The van der Waals surface area contributed by atoms with Crippen molar-refractivity contribution in [2.75, 3.05) is 0 Å². The van der Waals surface area contributed by atoms with Gasteiger partial charge in [0.25, 0.3) is 0 Å². The third-order valence-electron chi connectivity index (χ3n) is 9.65. The van der Waals surface area contributed by atoms with Crippen molar-refractivity contribution in [3.8, 4) is 0 Å². The number of aliphatic hydroxyl groups excluding tert-OH is 3. The van der Waals surface area contributed by atoms with Gasteiger partial charge in [-0.25, -0.2) is 0 Å². The van der Waals surface area contributed by atoms with Crippen molar-refractivity contribution in [1.29, 1.82) is 0 Å². The SMILES string of the molecule is CC1=C(C/C=C(C)/C=C/C=C(\C)CC/C=C/C(C)=C/CC/C(C)=C/CC2=C(C)C[C@@H](O)[C@H](O)C2(C)C)C(C)(C)C[C@H](O)C1. The van der Waals surface area contributed by atoms with Crippen LogP contribution < -0.4 is 0 Å². The van der Waals surface area contributed by atoms with Gasteiger partial charge >= 0.3 is 0 Å². The maximum atomic E-state index is 10.5. The quantitative estimate of drug-likeness (QED) is 0.148. The first-order valence-electron chi connectivity index (χ1n) is 16.5. The summed E-state index contributed by atoms with van der Waals surface area (Å²) in [7, 11) is 0. The minimum atomic E-state index is -0.705. The molecule has 0 bridgehead atoms. The van der Waals surface area contributed by atoms with Crippen LogP contribution in [0.1, 0.15) is 127 Å². The Hall–Kier alpha value is -2.20. The van der Waals surface area contributed by atoms with Gasteiger partial charge in [-0.05, 0) is 105 Å². The zero-order valence-corrected chi connectivity index (χ0v) is 29.1. The number of hydrogen-bond donors (Lipinski definition) is 3. The van der Waals surface area contributed by atoms with Crippen LogP contribution in [-0.2, 0) is 0 Å². The summed E-state index contributed by atoms with van der Waals surface area (Å²) in [6, 6.07) is 0. The van der Waals surface area contributed by atoms with E-state index in [0.29, 0.717) is 6.42 Å². The summed E-state index contributed by atoms with van der Waals surface area (Å²) in [6.07, 6.45) is 24.6. The normalized spacial score (nSPS) is 25.9. The molecule has 0 heterocycles. The summed E-state index contributed by atoms with van der Waals surface area (Å²) < 4.78 is 0. The van der Waals surface area contributed by atoms with Crippen LogP contribution in [0, 0.1) is 10.8 Å². The second-order valence-electron chi connectivity index (χ2n) is 14.6. The lowest BCUT2D eigenvalue weighted by molar-refractivity contribution is -0.0462. The first-order chi connectivity index (χ1) is 20.0. The fourth-order valence-corrected chi connectivity index (χ4v) is 6.82. The molecule has 3 heteroatoms. The summed E-state index contributed by atoms with van der Waals surface area (Å²) in [5, 5.41) is 30.8. The molecule has 0 unspecified atom stereocenters. The standard InChI is InChI=1S/C40H62O3/c1-28(17-13-19-30(3)21-23-35-32(5)25-34(41)27-39(35,7)8)15-11-12-16-29(2)18-14-20-31(4)22-24-36-33(6)26-37(42)38(43)40(36,9)10/h12-13,16-19,21-22,34,37-38,41-43H,11,14-15,20,23-27H2,1-10H3/b16-12+,19-13+,28-17+,29-18+,30-21+,31-22+/t34-,37-,38+/m1/s1. The summed E-state index contributed by atoms with van der Waals surface area (Å²) in [5.41, 5.74) is 10.3. The Balaban J connectivity index is 1.77. The maximum absolute atomic E-state index is 10.5. The number of allylic oxidation sites excluding steroid dienone is 13. The van der Waals surface area contributed by atoms with Crippen molar-refractivity contribution in [2.24, 2.45) is 10.8 Å². The number of rotatable bonds is 13. The van der Waals surface area contributed by atoms with Gasteiger partial charge in [0, 0.05) is 5.41 Å². The second kappa shape index (κ2) is 16.8. The number of hydrogen-bond acceptors (Lipinski definition) is 3. The van der Waals surface area contributed by atoms with Gasteiger partial charge in [-0.2, -0.15) is 0 Å². The Morgan fingerprint density at radius 1 is 0.744 bits per heavy atom. The van der Waals surface area contributed by atoms with E-state index in [9.17, 15) is 15.3 Å². The Bertz CT molecular complexity index is 1190. The van der Waals surface area contributed by atoms with E-state index in [1.807, 2.05) is 13.8 Å². The highest BCUT2D eigenvalue weighted by atomic mass is 16.3. The lowest BCUT2D eigenvalue weighted by atomic mass is 9.68. The van der Waals surface area contributed by atoms with Crippen molar-refractivity contribution < 1.29 is 15.3 Å². The molecule has 3 N–H and O–H groups in total. The van der Waals surface area contributed by atoms with E-state index >= 15 is 0 Å². The van der Waals surface area contributed by atoms with E-state index in [-0.39, 0.29) is 11.5 Å². The molecule has 2 aliphatic rings. The number of aliphatic hydroxyl groups is 3. The summed E-state index contributed by atoms with van der Waals surface area (Å²) in [5.74, 6) is 0. The zero-order chi connectivity index (χ0) is 32.4. The minimum absolute atomic E-state index is 0.0672. The van der Waals surface area contributed by atoms with E-state index in [2.05, 4.69) is 104 Å². The maximum Gasteiger partial charge on any atom is 0.0890 e. The van der Waals surface area contributed by atoms with Gasteiger partial charge in [-0.15, -0.1) is 0 Å².